The number of carbonyl (C=O) groups excluding carboxylic acids is 1. The minimum Gasteiger partial charge on any atom is -0.619 e. The topological polar surface area (TPSA) is 68.9 Å². The van der Waals surface area contributed by atoms with Gasteiger partial charge in [-0.3, -0.25) is 10.1 Å². The smallest absolute Gasteiger partial charge is 0.416 e. The molecule has 0 atom stereocenters. The van der Waals surface area contributed by atoms with Gasteiger partial charge in [-0.15, -0.1) is 11.3 Å². The summed E-state index contributed by atoms with van der Waals surface area (Å²) in [5.74, 6) is -0.450. The average Bonchev–Trinajstić information content (AvgIpc) is 3.03. The van der Waals surface area contributed by atoms with E-state index in [9.17, 15) is 23.2 Å². The van der Waals surface area contributed by atoms with Crippen molar-refractivity contribution in [2.45, 2.75) is 12.6 Å². The minimum atomic E-state index is -4.45. The van der Waals surface area contributed by atoms with Gasteiger partial charge >= 0.3 is 6.18 Å². The molecule has 3 rings (SSSR count). The van der Waals surface area contributed by atoms with Gasteiger partial charge in [0.05, 0.1) is 11.1 Å². The van der Waals surface area contributed by atoms with Crippen molar-refractivity contribution in [1.82, 2.24) is 4.98 Å². The Morgan fingerprint density at radius 2 is 1.96 bits per heavy atom. The van der Waals surface area contributed by atoms with Crippen LogP contribution in [-0.2, 0) is 12.6 Å². The Hall–Kier alpha value is -2.65. The third-order valence-corrected chi connectivity index (χ3v) is 4.86. The van der Waals surface area contributed by atoms with Gasteiger partial charge in [-0.1, -0.05) is 11.6 Å². The van der Waals surface area contributed by atoms with Gasteiger partial charge in [0.1, 0.15) is 0 Å². The van der Waals surface area contributed by atoms with E-state index < -0.39 is 17.6 Å². The van der Waals surface area contributed by atoms with E-state index in [2.05, 4.69) is 10.3 Å². The van der Waals surface area contributed by atoms with E-state index in [1.54, 1.807) is 0 Å². The van der Waals surface area contributed by atoms with Gasteiger partial charge in [-0.2, -0.15) is 17.9 Å². The van der Waals surface area contributed by atoms with Crippen molar-refractivity contribution in [1.29, 1.82) is 0 Å². The summed E-state index contributed by atoms with van der Waals surface area (Å²) in [5, 5.41) is 14.1. The van der Waals surface area contributed by atoms with Crippen molar-refractivity contribution in [3.63, 3.8) is 0 Å². The second-order valence-corrected chi connectivity index (χ2v) is 7.04. The van der Waals surface area contributed by atoms with Crippen LogP contribution in [0.15, 0.2) is 48.9 Å². The molecule has 10 heteroatoms. The van der Waals surface area contributed by atoms with Crippen molar-refractivity contribution < 1.29 is 22.7 Å². The molecule has 0 aliphatic carbocycles. The van der Waals surface area contributed by atoms with E-state index in [1.807, 2.05) is 0 Å². The van der Waals surface area contributed by atoms with Crippen LogP contribution in [0.4, 0.5) is 18.3 Å². The third-order valence-electron chi connectivity index (χ3n) is 3.58. The highest BCUT2D eigenvalue weighted by molar-refractivity contribution is 7.15. The van der Waals surface area contributed by atoms with Crippen LogP contribution in [0.2, 0.25) is 5.02 Å². The molecule has 5 nitrogen and oxygen atoms in total. The first-order chi connectivity index (χ1) is 12.7. The number of amides is 1. The molecule has 0 radical (unpaired) electrons. The fraction of sp³-hybridized carbons (Fsp3) is 0.118. The molecule has 0 saturated carbocycles. The van der Waals surface area contributed by atoms with Crippen LogP contribution in [0.5, 0.6) is 0 Å². The van der Waals surface area contributed by atoms with E-state index in [4.69, 9.17) is 11.6 Å². The molecule has 2 heterocycles. The summed E-state index contributed by atoms with van der Waals surface area (Å²) in [6.45, 7) is 0. The lowest BCUT2D eigenvalue weighted by Crippen LogP contribution is -2.25. The number of halogens is 4. The van der Waals surface area contributed by atoms with Crippen LogP contribution >= 0.6 is 22.9 Å². The number of nitrogens with one attached hydrogen (secondary N) is 1. The van der Waals surface area contributed by atoms with E-state index >= 15 is 0 Å². The van der Waals surface area contributed by atoms with Gasteiger partial charge in [0, 0.05) is 34.7 Å². The quantitative estimate of drug-likeness (QED) is 0.512. The van der Waals surface area contributed by atoms with Gasteiger partial charge in [-0.25, -0.2) is 4.98 Å². The standard InChI is InChI=1S/C17H11ClF3N3O2S/c18-14-2-1-12(17(19,20)21)7-11(14)8-13-9-22-16(27-13)23-15(25)10-3-5-24(26)6-4-10/h1-7,9H,8H2,(H,22,23,25). The molecule has 1 N–H and O–H groups in total. The number of aromatic nitrogens is 2. The number of alkyl halides is 3. The van der Waals surface area contributed by atoms with Crippen LogP contribution < -0.4 is 10.0 Å². The Kier molecular flexibility index (Phi) is 5.33. The lowest BCUT2D eigenvalue weighted by molar-refractivity contribution is -0.605. The number of hydrogen-bond donors (Lipinski definition) is 1. The molecule has 3 aromatic rings. The van der Waals surface area contributed by atoms with Crippen LogP contribution in [0.1, 0.15) is 26.4 Å². The third kappa shape index (κ3) is 4.75. The van der Waals surface area contributed by atoms with Gasteiger partial charge < -0.3 is 5.21 Å². The van der Waals surface area contributed by atoms with Gasteiger partial charge in [0.2, 0.25) is 0 Å². The number of hydrogen-bond acceptors (Lipinski definition) is 4. The van der Waals surface area contributed by atoms with Crippen LogP contribution in [-0.4, -0.2) is 10.9 Å². The molecule has 0 aliphatic rings. The van der Waals surface area contributed by atoms with Gasteiger partial charge in [0.15, 0.2) is 17.5 Å². The zero-order valence-corrected chi connectivity index (χ0v) is 15.0. The summed E-state index contributed by atoms with van der Waals surface area (Å²) >= 11 is 7.13. The molecular formula is C17H11ClF3N3O2S. The van der Waals surface area contributed by atoms with Crippen molar-refractivity contribution in [2.24, 2.45) is 0 Å². The molecule has 0 spiro atoms. The van der Waals surface area contributed by atoms with Gasteiger partial charge in [-0.05, 0) is 23.8 Å². The summed E-state index contributed by atoms with van der Waals surface area (Å²) < 4.78 is 39.1. The first-order valence-electron chi connectivity index (χ1n) is 7.53. The lowest BCUT2D eigenvalue weighted by atomic mass is 10.1. The zero-order valence-electron chi connectivity index (χ0n) is 13.5. The van der Waals surface area contributed by atoms with E-state index in [-0.39, 0.29) is 22.1 Å². The normalized spacial score (nSPS) is 11.4. The van der Waals surface area contributed by atoms with Crippen molar-refractivity contribution >= 4 is 34.0 Å². The van der Waals surface area contributed by atoms with E-state index in [1.165, 1.54) is 36.8 Å². The number of rotatable bonds is 4. The Morgan fingerprint density at radius 1 is 1.26 bits per heavy atom. The minimum absolute atomic E-state index is 0.151. The Labute approximate surface area is 160 Å². The summed E-state index contributed by atoms with van der Waals surface area (Å²) in [6, 6.07) is 5.86. The maximum atomic E-state index is 12.9. The molecule has 27 heavy (non-hydrogen) atoms. The van der Waals surface area contributed by atoms with Crippen LogP contribution in [0, 0.1) is 5.21 Å². The molecule has 0 aliphatic heterocycles. The average molecular weight is 414 g/mol. The molecule has 140 valence electrons. The Balaban J connectivity index is 1.73. The fourth-order valence-electron chi connectivity index (χ4n) is 2.25. The highest BCUT2D eigenvalue weighted by Crippen LogP contribution is 2.33. The predicted molar refractivity (Wildman–Crippen MR) is 94.7 cm³/mol. The first kappa shape index (κ1) is 19.1. The molecule has 1 amide bonds. The molecular weight excluding hydrogens is 403 g/mol. The lowest BCUT2D eigenvalue weighted by Gasteiger charge is -2.09. The second-order valence-electron chi connectivity index (χ2n) is 5.51. The molecule has 0 bridgehead atoms. The molecule has 2 aromatic heterocycles. The van der Waals surface area contributed by atoms with Gasteiger partial charge in [0.25, 0.3) is 5.91 Å². The summed E-state index contributed by atoms with van der Waals surface area (Å²) in [5.41, 5.74) is -0.185. The second kappa shape index (κ2) is 7.53. The largest absolute Gasteiger partial charge is 0.619 e. The molecule has 1 aromatic carbocycles. The Bertz CT molecular complexity index is 974. The SMILES string of the molecule is O=C(Nc1ncc(Cc2cc(C(F)(F)F)ccc2Cl)s1)c1cc[n+]([O-])cc1. The van der Waals surface area contributed by atoms with Crippen LogP contribution in [0.3, 0.4) is 0 Å². The maximum absolute atomic E-state index is 12.9. The highest BCUT2D eigenvalue weighted by Gasteiger charge is 2.30. The zero-order chi connectivity index (χ0) is 19.6. The molecule has 0 saturated heterocycles. The number of pyridine rings is 1. The number of thiazole rings is 1. The number of nitrogens with zero attached hydrogens (tertiary/aromatic N) is 2. The predicted octanol–water partition coefficient (Wildman–Crippen LogP) is 4.29. The maximum Gasteiger partial charge on any atom is 0.416 e. The monoisotopic (exact) mass is 413 g/mol. The number of benzene rings is 1. The summed E-state index contributed by atoms with van der Waals surface area (Å²) in [4.78, 5) is 16.8. The fourth-order valence-corrected chi connectivity index (χ4v) is 3.27. The Morgan fingerprint density at radius 3 is 2.63 bits per heavy atom. The summed E-state index contributed by atoms with van der Waals surface area (Å²) in [7, 11) is 0. The molecule has 0 fully saturated rings. The first-order valence-corrected chi connectivity index (χ1v) is 8.72. The van der Waals surface area contributed by atoms with E-state index in [0.29, 0.717) is 15.2 Å². The highest BCUT2D eigenvalue weighted by atomic mass is 35.5. The summed E-state index contributed by atoms with van der Waals surface area (Å²) in [6.07, 6.45) is -0.453. The number of carbonyl (C=O) groups is 1. The molecule has 0 unspecified atom stereocenters. The van der Waals surface area contributed by atoms with Crippen LogP contribution in [0.25, 0.3) is 0 Å². The van der Waals surface area contributed by atoms with Crippen molar-refractivity contribution in [3.05, 3.63) is 80.7 Å². The number of anilines is 1. The van der Waals surface area contributed by atoms with Crippen molar-refractivity contribution in [2.75, 3.05) is 5.32 Å². The van der Waals surface area contributed by atoms with Crippen molar-refractivity contribution in [3.8, 4) is 0 Å². The van der Waals surface area contributed by atoms with E-state index in [0.717, 1.165) is 23.5 Å².